The van der Waals surface area contributed by atoms with Gasteiger partial charge in [-0.2, -0.15) is 0 Å². The van der Waals surface area contributed by atoms with Gasteiger partial charge in [-0.05, 0) is 110 Å². The van der Waals surface area contributed by atoms with Gasteiger partial charge in [0.2, 0.25) is 0 Å². The second kappa shape index (κ2) is 13.8. The Balaban J connectivity index is 0.00000107. The molecule has 1 aromatic heterocycles. The van der Waals surface area contributed by atoms with E-state index < -0.39 is 22.6 Å². The van der Waals surface area contributed by atoms with Crippen LogP contribution in [-0.2, 0) is 29.3 Å². The zero-order valence-electron chi connectivity index (χ0n) is 22.2. The van der Waals surface area contributed by atoms with Gasteiger partial charge in [0.05, 0.1) is 12.7 Å². The summed E-state index contributed by atoms with van der Waals surface area (Å²) in [6.07, 6.45) is 10.5. The number of nitrogens with zero attached hydrogens (tertiary/aromatic N) is 1. The van der Waals surface area contributed by atoms with Gasteiger partial charge >= 0.3 is 35.3 Å². The summed E-state index contributed by atoms with van der Waals surface area (Å²) in [7, 11) is 9.75. The van der Waals surface area contributed by atoms with Crippen LogP contribution in [0.1, 0.15) is 74.6 Å². The normalized spacial score (nSPS) is 31.6. The van der Waals surface area contributed by atoms with Crippen molar-refractivity contribution in [3.63, 3.8) is 0 Å². The van der Waals surface area contributed by atoms with Crippen LogP contribution in [0.25, 0.3) is 0 Å². The van der Waals surface area contributed by atoms with Crippen molar-refractivity contribution in [1.82, 2.24) is 10.3 Å². The molecule has 3 unspecified atom stereocenters. The van der Waals surface area contributed by atoms with E-state index in [0.717, 1.165) is 76.6 Å². The zero-order valence-corrected chi connectivity index (χ0v) is 26.0. The molecule has 3 aliphatic carbocycles. The molecule has 2 fully saturated rings. The molecule has 3 aliphatic rings. The molecule has 4 N–H and O–H groups in total. The molecule has 38 heavy (non-hydrogen) atoms. The zero-order chi connectivity index (χ0) is 27.2. The number of phenolic OH excluding ortho intramolecular Hbond substituents is 1. The van der Waals surface area contributed by atoms with Crippen molar-refractivity contribution in [2.24, 2.45) is 22.7 Å². The number of fused-ring (bicyclic) bond motifs is 5. The third-order valence-corrected chi connectivity index (χ3v) is 9.86. The van der Waals surface area contributed by atoms with Crippen molar-refractivity contribution in [3.8, 4) is 5.75 Å². The summed E-state index contributed by atoms with van der Waals surface area (Å²) in [6, 6.07) is 12.0. The van der Waals surface area contributed by atoms with Crippen molar-refractivity contribution in [3.05, 3.63) is 59.4 Å². The van der Waals surface area contributed by atoms with Gasteiger partial charge in [-0.15, -0.1) is 0 Å². The fourth-order valence-electron chi connectivity index (χ4n) is 7.97. The maximum atomic E-state index is 11.7. The van der Waals surface area contributed by atoms with Crippen molar-refractivity contribution < 1.29 is 31.8 Å². The van der Waals surface area contributed by atoms with Crippen molar-refractivity contribution in [2.75, 3.05) is 19.7 Å². The molecular weight excluding hydrogens is 702 g/mol. The number of hydrogen-bond acceptors (Lipinski definition) is 5. The number of rotatable bonds is 9. The minimum atomic E-state index is -0.472. The topological polar surface area (TPSA) is 85.6 Å². The number of benzene rings is 1. The van der Waals surface area contributed by atoms with Crippen LogP contribution < -0.4 is 5.32 Å². The number of unbranched alkanes of at least 4 members (excludes halogenated alkanes) is 1. The van der Waals surface area contributed by atoms with Crippen LogP contribution in [0, 0.1) is 22.7 Å². The second-order valence-corrected chi connectivity index (χ2v) is 15.1. The van der Waals surface area contributed by atoms with Crippen molar-refractivity contribution in [1.29, 1.82) is 0 Å². The summed E-state index contributed by atoms with van der Waals surface area (Å²) >= 11 is -0.472. The Morgan fingerprint density at radius 2 is 1.95 bits per heavy atom. The first kappa shape index (κ1) is 30.3. The molecule has 8 heteroatoms. The monoisotopic (exact) mass is 743 g/mol. The first-order valence-corrected chi connectivity index (χ1v) is 19.6. The number of aromatic hydroxyl groups is 1. The maximum absolute atomic E-state index is 11.7. The van der Waals surface area contributed by atoms with Crippen molar-refractivity contribution >= 4 is 18.8 Å². The van der Waals surface area contributed by atoms with E-state index in [0.29, 0.717) is 23.5 Å². The first-order chi connectivity index (χ1) is 18.4. The van der Waals surface area contributed by atoms with Crippen LogP contribution >= 0.6 is 18.8 Å². The predicted molar refractivity (Wildman–Crippen MR) is 150 cm³/mol. The molecule has 1 heterocycles. The summed E-state index contributed by atoms with van der Waals surface area (Å²) in [5.74, 6) is 1.89. The van der Waals surface area contributed by atoms with E-state index in [1.54, 1.807) is 0 Å². The molecule has 0 saturated heterocycles. The SMILES string of the molecule is C[C@]12CCC3c4ccc(O)cc4CCC3C1C[C@@](CO)(CCCCNCCc1ccccn1)[C@@H]2O.[Cl][Pt][Cl]. The van der Waals surface area contributed by atoms with E-state index in [1.807, 2.05) is 30.5 Å². The number of aromatic nitrogens is 1. The van der Waals surface area contributed by atoms with Gasteiger partial charge in [-0.3, -0.25) is 4.98 Å². The number of hydrogen-bond donors (Lipinski definition) is 4. The van der Waals surface area contributed by atoms with E-state index >= 15 is 0 Å². The molecule has 1 aromatic carbocycles. The van der Waals surface area contributed by atoms with Gasteiger partial charge in [0.1, 0.15) is 5.75 Å². The van der Waals surface area contributed by atoms with Gasteiger partial charge in [0.15, 0.2) is 0 Å². The predicted octanol–water partition coefficient (Wildman–Crippen LogP) is 5.97. The number of nitrogens with one attached hydrogen (secondary N) is 1. The molecule has 5 nitrogen and oxygen atoms in total. The number of pyridine rings is 1. The molecule has 0 aliphatic heterocycles. The number of phenols is 1. The Kier molecular flexibility index (Phi) is 11.0. The average molecular weight is 745 g/mol. The van der Waals surface area contributed by atoms with Crippen LogP contribution in [0.2, 0.25) is 0 Å². The standard InChI is InChI=1S/C30H42N2O3.2ClH.Pt/c1-29-14-11-25-24-10-8-23(34)18-21(24)7-9-26(25)27(29)19-30(20-33,28(29)35)13-3-5-15-31-17-12-22-6-2-4-16-32-22;;;/h2,4,6,8,10,16,18,25-28,31,33-35H,3,5,7,9,11-15,17,19-20H2,1H3;2*1H;/q;;;+2/p-2/t25?,26?,27?,28-,29+,30-;;;/m1.../s1. The number of aliphatic hydroxyl groups is 2. The van der Waals surface area contributed by atoms with Crippen molar-refractivity contribution in [2.45, 2.75) is 76.7 Å². The molecule has 5 rings (SSSR count). The van der Waals surface area contributed by atoms with E-state index in [1.165, 1.54) is 11.1 Å². The van der Waals surface area contributed by atoms with Gasteiger partial charge < -0.3 is 20.6 Å². The van der Waals surface area contributed by atoms with Gasteiger partial charge in [0.25, 0.3) is 0 Å². The Hall–Kier alpha value is -0.682. The van der Waals surface area contributed by atoms with Gasteiger partial charge in [0, 0.05) is 30.3 Å². The molecule has 0 bridgehead atoms. The van der Waals surface area contributed by atoms with E-state index in [-0.39, 0.29) is 17.4 Å². The molecule has 0 radical (unpaired) electrons. The molecule has 6 atom stereocenters. The first-order valence-electron chi connectivity index (χ1n) is 13.9. The van der Waals surface area contributed by atoms with E-state index in [4.69, 9.17) is 18.8 Å². The molecule has 2 saturated carbocycles. The molecular formula is C30H42Cl2N2O3Pt. The van der Waals surface area contributed by atoms with Crippen LogP contribution in [-0.4, -0.2) is 46.1 Å². The molecule has 0 amide bonds. The summed E-state index contributed by atoms with van der Waals surface area (Å²) in [5, 5.41) is 35.7. The quantitative estimate of drug-likeness (QED) is 0.238. The summed E-state index contributed by atoms with van der Waals surface area (Å²) in [6.45, 7) is 4.25. The number of aryl methyl sites for hydroxylation is 1. The van der Waals surface area contributed by atoms with E-state index in [9.17, 15) is 15.3 Å². The molecule has 2 aromatic rings. The Morgan fingerprint density at radius 3 is 2.68 bits per heavy atom. The molecule has 0 spiro atoms. The fraction of sp³-hybridized carbons (Fsp3) is 0.633. The summed E-state index contributed by atoms with van der Waals surface area (Å²) < 4.78 is 0. The Labute approximate surface area is 244 Å². The van der Waals surface area contributed by atoms with Crippen LogP contribution in [0.5, 0.6) is 5.75 Å². The molecule has 214 valence electrons. The average Bonchev–Trinajstić information content (AvgIpc) is 3.16. The third-order valence-electron chi connectivity index (χ3n) is 9.86. The number of aliphatic hydroxyl groups excluding tert-OH is 2. The minimum absolute atomic E-state index is 0.0786. The summed E-state index contributed by atoms with van der Waals surface area (Å²) in [4.78, 5) is 4.37. The summed E-state index contributed by atoms with van der Waals surface area (Å²) in [5.41, 5.74) is 3.34. The number of halogens is 2. The second-order valence-electron chi connectivity index (χ2n) is 11.8. The van der Waals surface area contributed by atoms with Gasteiger partial charge in [-0.1, -0.05) is 25.5 Å². The van der Waals surface area contributed by atoms with Crippen LogP contribution in [0.3, 0.4) is 0 Å². The Morgan fingerprint density at radius 1 is 1.13 bits per heavy atom. The van der Waals surface area contributed by atoms with Crippen LogP contribution in [0.4, 0.5) is 0 Å². The Bertz CT molecular complexity index is 1030. The van der Waals surface area contributed by atoms with Gasteiger partial charge in [-0.25, -0.2) is 0 Å². The third kappa shape index (κ3) is 6.45. The fourth-order valence-corrected chi connectivity index (χ4v) is 7.97. The van der Waals surface area contributed by atoms with Crippen LogP contribution in [0.15, 0.2) is 42.6 Å². The van der Waals surface area contributed by atoms with E-state index in [2.05, 4.69) is 29.4 Å².